The number of rotatable bonds is 7. The number of para-hydroxylation sites is 2. The maximum atomic E-state index is 13.5. The molecule has 1 aromatic heterocycles. The van der Waals surface area contributed by atoms with Crippen molar-refractivity contribution >= 4 is 17.4 Å². The number of aromatic nitrogens is 2. The molecule has 1 saturated heterocycles. The highest BCUT2D eigenvalue weighted by Crippen LogP contribution is 2.33. The molecular weight excluding hydrogens is 513 g/mol. The number of benzene rings is 3. The molecule has 3 aromatic carbocycles. The van der Waals surface area contributed by atoms with Crippen LogP contribution in [0.2, 0.25) is 0 Å². The van der Waals surface area contributed by atoms with E-state index in [0.717, 1.165) is 17.0 Å². The molecule has 0 atom stereocenters. The van der Waals surface area contributed by atoms with Crippen molar-refractivity contribution in [1.82, 2.24) is 15.3 Å². The van der Waals surface area contributed by atoms with Gasteiger partial charge in [-0.05, 0) is 54.1 Å². The molecule has 0 unspecified atom stereocenters. The third-order valence-corrected chi connectivity index (χ3v) is 7.01. The van der Waals surface area contributed by atoms with Gasteiger partial charge in [-0.2, -0.15) is 0 Å². The highest BCUT2D eigenvalue weighted by Gasteiger charge is 2.26. The van der Waals surface area contributed by atoms with Crippen molar-refractivity contribution in [3.05, 3.63) is 89.9 Å². The quantitative estimate of drug-likeness (QED) is 0.371. The highest BCUT2D eigenvalue weighted by molar-refractivity contribution is 5.99. The summed E-state index contributed by atoms with van der Waals surface area (Å²) in [6.45, 7) is 3.20. The lowest BCUT2D eigenvalue weighted by molar-refractivity contribution is 0.0950. The Morgan fingerprint density at radius 1 is 0.975 bits per heavy atom. The summed E-state index contributed by atoms with van der Waals surface area (Å²) in [5, 5.41) is 2.98. The van der Waals surface area contributed by atoms with Crippen molar-refractivity contribution in [2.45, 2.75) is 6.54 Å². The van der Waals surface area contributed by atoms with E-state index in [1.54, 1.807) is 25.4 Å². The van der Waals surface area contributed by atoms with E-state index in [2.05, 4.69) is 20.1 Å². The first-order chi connectivity index (χ1) is 19.6. The zero-order valence-corrected chi connectivity index (χ0v) is 22.0. The third kappa shape index (κ3) is 5.20. The Morgan fingerprint density at radius 3 is 2.52 bits per heavy atom. The first kappa shape index (κ1) is 25.4. The Bertz CT molecular complexity index is 1520. The Labute approximate surface area is 231 Å². The van der Waals surface area contributed by atoms with Gasteiger partial charge in [-0.3, -0.25) is 4.79 Å². The molecule has 0 saturated carbocycles. The Hall–Kier alpha value is -4.86. The fraction of sp³-hybridized carbons (Fsp3) is 0.233. The second kappa shape index (κ2) is 11.1. The lowest BCUT2D eigenvalue weighted by Crippen LogP contribution is -2.47. The van der Waals surface area contributed by atoms with Crippen molar-refractivity contribution in [2.24, 2.45) is 0 Å². The van der Waals surface area contributed by atoms with Crippen molar-refractivity contribution in [3.63, 3.8) is 0 Å². The van der Waals surface area contributed by atoms with Crippen LogP contribution in [0.25, 0.3) is 11.4 Å². The number of carbonyl (C=O) groups is 1. The van der Waals surface area contributed by atoms with Gasteiger partial charge in [0.05, 0.1) is 12.8 Å². The number of ether oxygens (including phenoxy) is 3. The van der Waals surface area contributed by atoms with Gasteiger partial charge >= 0.3 is 0 Å². The zero-order valence-electron chi connectivity index (χ0n) is 22.0. The standard InChI is InChI=1S/C30H28FN5O4/c1-38-25-5-3-2-4-24(25)35-12-14-36(15-13-35)29-23(18-32-28(34-29)21-7-9-22(31)10-8-21)30(37)33-17-20-6-11-26-27(16-20)40-19-39-26/h2-11,16,18H,12-15,17,19H2,1H3,(H,33,37). The Kier molecular flexibility index (Phi) is 7.05. The second-order valence-corrected chi connectivity index (χ2v) is 9.45. The second-order valence-electron chi connectivity index (χ2n) is 9.45. The molecule has 0 spiro atoms. The van der Waals surface area contributed by atoms with Gasteiger partial charge in [0.1, 0.15) is 22.9 Å². The van der Waals surface area contributed by atoms with Crippen LogP contribution < -0.4 is 29.3 Å². The topological polar surface area (TPSA) is 89.1 Å². The van der Waals surface area contributed by atoms with Gasteiger partial charge in [0.15, 0.2) is 17.3 Å². The maximum absolute atomic E-state index is 13.5. The van der Waals surface area contributed by atoms with Crippen LogP contribution in [0.15, 0.2) is 72.9 Å². The van der Waals surface area contributed by atoms with Crippen LogP contribution in [0.5, 0.6) is 17.2 Å². The summed E-state index contributed by atoms with van der Waals surface area (Å²) in [6.07, 6.45) is 1.54. The van der Waals surface area contributed by atoms with E-state index < -0.39 is 0 Å². The SMILES string of the molecule is COc1ccccc1N1CCN(c2nc(-c3ccc(F)cc3)ncc2C(=O)NCc2ccc3c(c2)OCO3)CC1. The molecule has 3 heterocycles. The van der Waals surface area contributed by atoms with Crippen LogP contribution in [0.3, 0.4) is 0 Å². The first-order valence-corrected chi connectivity index (χ1v) is 13.0. The van der Waals surface area contributed by atoms with Crippen LogP contribution in [0.4, 0.5) is 15.9 Å². The molecule has 0 aliphatic carbocycles. The van der Waals surface area contributed by atoms with Gasteiger partial charge in [0.25, 0.3) is 5.91 Å². The number of hydrogen-bond acceptors (Lipinski definition) is 8. The monoisotopic (exact) mass is 541 g/mol. The number of fused-ring (bicyclic) bond motifs is 1. The molecule has 0 bridgehead atoms. The predicted molar refractivity (Wildman–Crippen MR) is 149 cm³/mol. The van der Waals surface area contributed by atoms with Crippen LogP contribution in [-0.2, 0) is 6.54 Å². The highest BCUT2D eigenvalue weighted by atomic mass is 19.1. The summed E-state index contributed by atoms with van der Waals surface area (Å²) in [5.74, 6) is 2.51. The minimum absolute atomic E-state index is 0.191. The van der Waals surface area contributed by atoms with Gasteiger partial charge in [-0.15, -0.1) is 0 Å². The molecular formula is C30H28FN5O4. The van der Waals surface area contributed by atoms with E-state index in [0.29, 0.717) is 67.0 Å². The average molecular weight is 542 g/mol. The third-order valence-electron chi connectivity index (χ3n) is 7.01. The number of nitrogens with zero attached hydrogens (tertiary/aromatic N) is 4. The number of methoxy groups -OCH3 is 1. The van der Waals surface area contributed by atoms with Crippen molar-refractivity contribution in [3.8, 4) is 28.6 Å². The van der Waals surface area contributed by atoms with Crippen molar-refractivity contribution in [2.75, 3.05) is 49.9 Å². The molecule has 2 aliphatic rings. The van der Waals surface area contributed by atoms with Crippen LogP contribution in [0, 0.1) is 5.82 Å². The molecule has 1 N–H and O–H groups in total. The molecule has 40 heavy (non-hydrogen) atoms. The summed E-state index contributed by atoms with van der Waals surface area (Å²) >= 11 is 0. The number of hydrogen-bond donors (Lipinski definition) is 1. The number of amides is 1. The fourth-order valence-corrected chi connectivity index (χ4v) is 4.89. The smallest absolute Gasteiger partial charge is 0.256 e. The molecule has 1 fully saturated rings. The minimum Gasteiger partial charge on any atom is -0.495 e. The van der Waals surface area contributed by atoms with Gasteiger partial charge < -0.3 is 29.3 Å². The molecule has 6 rings (SSSR count). The summed E-state index contributed by atoms with van der Waals surface area (Å²) < 4.78 is 29.9. The van der Waals surface area contributed by atoms with E-state index in [9.17, 15) is 9.18 Å². The van der Waals surface area contributed by atoms with Gasteiger partial charge in [0, 0.05) is 44.5 Å². The van der Waals surface area contributed by atoms with E-state index in [-0.39, 0.29) is 18.5 Å². The number of carbonyl (C=O) groups excluding carboxylic acids is 1. The average Bonchev–Trinajstić information content (AvgIpc) is 3.48. The first-order valence-electron chi connectivity index (χ1n) is 13.0. The Morgan fingerprint density at radius 2 is 1.73 bits per heavy atom. The lowest BCUT2D eigenvalue weighted by Gasteiger charge is -2.37. The number of nitrogens with one attached hydrogen (secondary N) is 1. The maximum Gasteiger partial charge on any atom is 0.256 e. The summed E-state index contributed by atoms with van der Waals surface area (Å²) in [4.78, 5) is 27.0. The molecule has 2 aliphatic heterocycles. The number of anilines is 2. The number of piperazine rings is 1. The number of halogens is 1. The molecule has 4 aromatic rings. The molecule has 9 nitrogen and oxygen atoms in total. The molecule has 0 radical (unpaired) electrons. The van der Waals surface area contributed by atoms with Crippen molar-refractivity contribution in [1.29, 1.82) is 0 Å². The zero-order chi connectivity index (χ0) is 27.5. The van der Waals surface area contributed by atoms with E-state index in [1.165, 1.54) is 12.1 Å². The summed E-state index contributed by atoms with van der Waals surface area (Å²) in [5.41, 5.74) is 2.95. The van der Waals surface area contributed by atoms with Crippen LogP contribution in [-0.4, -0.2) is 56.0 Å². The van der Waals surface area contributed by atoms with E-state index >= 15 is 0 Å². The lowest BCUT2D eigenvalue weighted by atomic mass is 10.1. The molecule has 1 amide bonds. The van der Waals surface area contributed by atoms with Gasteiger partial charge in [-0.25, -0.2) is 14.4 Å². The summed E-state index contributed by atoms with van der Waals surface area (Å²) in [6, 6.07) is 19.5. The Balaban J connectivity index is 1.24. The van der Waals surface area contributed by atoms with Crippen LogP contribution in [0.1, 0.15) is 15.9 Å². The van der Waals surface area contributed by atoms with Gasteiger partial charge in [-0.1, -0.05) is 18.2 Å². The fourth-order valence-electron chi connectivity index (χ4n) is 4.89. The predicted octanol–water partition coefficient (Wildman–Crippen LogP) is 4.28. The minimum atomic E-state index is -0.337. The largest absolute Gasteiger partial charge is 0.495 e. The normalized spacial score (nSPS) is 14.2. The molecule has 10 heteroatoms. The van der Waals surface area contributed by atoms with E-state index in [4.69, 9.17) is 19.2 Å². The molecule has 204 valence electrons. The van der Waals surface area contributed by atoms with Crippen molar-refractivity contribution < 1.29 is 23.4 Å². The summed E-state index contributed by atoms with van der Waals surface area (Å²) in [7, 11) is 1.67. The van der Waals surface area contributed by atoms with E-state index in [1.807, 2.05) is 42.5 Å². The van der Waals surface area contributed by atoms with Crippen LogP contribution >= 0.6 is 0 Å². The van der Waals surface area contributed by atoms with Gasteiger partial charge in [0.2, 0.25) is 6.79 Å².